The highest BCUT2D eigenvalue weighted by Gasteiger charge is 2.24. The Hall–Kier alpha value is -0.590. The SMILES string of the molecule is C=C(C)C(=O)C1CCCC(C)C1. The first-order valence-corrected chi connectivity index (χ1v) is 4.81. The molecule has 0 aromatic carbocycles. The van der Waals surface area contributed by atoms with Gasteiger partial charge in [0.25, 0.3) is 0 Å². The van der Waals surface area contributed by atoms with Crippen LogP contribution in [0.25, 0.3) is 0 Å². The number of hydrogen-bond donors (Lipinski definition) is 0. The van der Waals surface area contributed by atoms with E-state index in [1.165, 1.54) is 12.8 Å². The van der Waals surface area contributed by atoms with Gasteiger partial charge < -0.3 is 0 Å². The second-order valence-corrected chi connectivity index (χ2v) is 4.11. The van der Waals surface area contributed by atoms with Crippen molar-refractivity contribution in [2.24, 2.45) is 11.8 Å². The largest absolute Gasteiger partial charge is 0.294 e. The van der Waals surface area contributed by atoms with E-state index in [9.17, 15) is 4.79 Å². The van der Waals surface area contributed by atoms with Gasteiger partial charge in [0.05, 0.1) is 0 Å². The molecule has 1 nitrogen and oxygen atoms in total. The molecule has 1 rings (SSSR count). The molecule has 1 heteroatoms. The number of ketones is 1. The van der Waals surface area contributed by atoms with Gasteiger partial charge in [-0.2, -0.15) is 0 Å². The molecule has 0 aromatic rings. The Morgan fingerprint density at radius 3 is 2.58 bits per heavy atom. The predicted octanol–water partition coefficient (Wildman–Crippen LogP) is 2.96. The van der Waals surface area contributed by atoms with Gasteiger partial charge >= 0.3 is 0 Å². The highest BCUT2D eigenvalue weighted by Crippen LogP contribution is 2.30. The van der Waals surface area contributed by atoms with E-state index < -0.39 is 0 Å². The molecule has 0 spiro atoms. The lowest BCUT2D eigenvalue weighted by molar-refractivity contribution is -0.120. The van der Waals surface area contributed by atoms with Crippen LogP contribution in [0.2, 0.25) is 0 Å². The van der Waals surface area contributed by atoms with Crippen molar-refractivity contribution in [1.82, 2.24) is 0 Å². The van der Waals surface area contributed by atoms with Gasteiger partial charge in [-0.25, -0.2) is 0 Å². The summed E-state index contributed by atoms with van der Waals surface area (Å²) in [7, 11) is 0. The Bertz CT molecular complexity index is 193. The smallest absolute Gasteiger partial charge is 0.161 e. The summed E-state index contributed by atoms with van der Waals surface area (Å²) in [6.45, 7) is 7.76. The molecule has 2 atom stereocenters. The standard InChI is InChI=1S/C11H18O/c1-8(2)11(12)10-6-4-5-9(3)7-10/h9-10H,1,4-7H2,2-3H3. The first-order valence-electron chi connectivity index (χ1n) is 4.81. The fraction of sp³-hybridized carbons (Fsp3) is 0.727. The number of rotatable bonds is 2. The minimum Gasteiger partial charge on any atom is -0.294 e. The van der Waals surface area contributed by atoms with Gasteiger partial charge in [0.15, 0.2) is 5.78 Å². The Kier molecular flexibility index (Phi) is 3.07. The summed E-state index contributed by atoms with van der Waals surface area (Å²) in [5, 5.41) is 0. The third kappa shape index (κ3) is 2.20. The lowest BCUT2D eigenvalue weighted by atomic mass is 9.79. The van der Waals surface area contributed by atoms with Crippen LogP contribution >= 0.6 is 0 Å². The van der Waals surface area contributed by atoms with Crippen LogP contribution in [0, 0.1) is 11.8 Å². The lowest BCUT2D eigenvalue weighted by Gasteiger charge is -2.25. The van der Waals surface area contributed by atoms with Crippen molar-refractivity contribution in [2.75, 3.05) is 0 Å². The van der Waals surface area contributed by atoms with E-state index in [0.29, 0.717) is 5.78 Å². The van der Waals surface area contributed by atoms with Crippen LogP contribution in [0.1, 0.15) is 39.5 Å². The molecule has 0 bridgehead atoms. The number of allylic oxidation sites excluding steroid dienone is 1. The molecule has 2 unspecified atom stereocenters. The Morgan fingerprint density at radius 2 is 2.08 bits per heavy atom. The summed E-state index contributed by atoms with van der Waals surface area (Å²) >= 11 is 0. The zero-order valence-electron chi connectivity index (χ0n) is 8.10. The molecule has 1 fully saturated rings. The molecule has 12 heavy (non-hydrogen) atoms. The fourth-order valence-electron chi connectivity index (χ4n) is 2.02. The number of carbonyl (C=O) groups excluding carboxylic acids is 1. The van der Waals surface area contributed by atoms with Gasteiger partial charge in [-0.15, -0.1) is 0 Å². The number of hydrogen-bond acceptors (Lipinski definition) is 1. The van der Waals surface area contributed by atoms with E-state index in [0.717, 1.165) is 24.3 Å². The molecule has 0 aliphatic heterocycles. The first kappa shape index (κ1) is 9.50. The maximum Gasteiger partial charge on any atom is 0.161 e. The quantitative estimate of drug-likeness (QED) is 0.576. The van der Waals surface area contributed by atoms with E-state index in [1.807, 2.05) is 6.92 Å². The third-order valence-electron chi connectivity index (χ3n) is 2.73. The molecule has 0 saturated heterocycles. The summed E-state index contributed by atoms with van der Waals surface area (Å²) in [6, 6.07) is 0. The molecular weight excluding hydrogens is 148 g/mol. The zero-order chi connectivity index (χ0) is 9.14. The van der Waals surface area contributed by atoms with Crippen LogP contribution in [0.4, 0.5) is 0 Å². The monoisotopic (exact) mass is 166 g/mol. The maximum absolute atomic E-state index is 11.5. The molecule has 0 N–H and O–H groups in total. The average molecular weight is 166 g/mol. The van der Waals surface area contributed by atoms with E-state index >= 15 is 0 Å². The normalized spacial score (nSPS) is 29.8. The number of Topliss-reactive ketones (excluding diaryl/α,β-unsaturated/α-hetero) is 1. The second-order valence-electron chi connectivity index (χ2n) is 4.11. The predicted molar refractivity (Wildman–Crippen MR) is 50.9 cm³/mol. The van der Waals surface area contributed by atoms with Gasteiger partial charge in [-0.1, -0.05) is 26.3 Å². The summed E-state index contributed by atoms with van der Waals surface area (Å²) in [4.78, 5) is 11.5. The van der Waals surface area contributed by atoms with Crippen LogP contribution in [0.15, 0.2) is 12.2 Å². The van der Waals surface area contributed by atoms with Crippen molar-refractivity contribution >= 4 is 5.78 Å². The van der Waals surface area contributed by atoms with Gasteiger partial charge in [-0.05, 0) is 31.3 Å². The highest BCUT2D eigenvalue weighted by atomic mass is 16.1. The van der Waals surface area contributed by atoms with Crippen LogP contribution < -0.4 is 0 Å². The number of carbonyl (C=O) groups is 1. The highest BCUT2D eigenvalue weighted by molar-refractivity contribution is 5.96. The first-order chi connectivity index (χ1) is 5.61. The Morgan fingerprint density at radius 1 is 1.42 bits per heavy atom. The molecule has 1 saturated carbocycles. The minimum absolute atomic E-state index is 0.284. The van der Waals surface area contributed by atoms with Crippen LogP contribution in [0.3, 0.4) is 0 Å². The van der Waals surface area contributed by atoms with Gasteiger partial charge in [0, 0.05) is 5.92 Å². The molecule has 68 valence electrons. The van der Waals surface area contributed by atoms with Crippen LogP contribution in [0.5, 0.6) is 0 Å². The topological polar surface area (TPSA) is 17.1 Å². The van der Waals surface area contributed by atoms with E-state index in [1.54, 1.807) is 0 Å². The van der Waals surface area contributed by atoms with E-state index in [2.05, 4.69) is 13.5 Å². The fourth-order valence-corrected chi connectivity index (χ4v) is 2.02. The second kappa shape index (κ2) is 3.88. The summed E-state index contributed by atoms with van der Waals surface area (Å²) in [5.74, 6) is 1.31. The van der Waals surface area contributed by atoms with Crippen molar-refractivity contribution < 1.29 is 4.79 Å². The van der Waals surface area contributed by atoms with E-state index in [-0.39, 0.29) is 5.92 Å². The van der Waals surface area contributed by atoms with Crippen LogP contribution in [-0.2, 0) is 4.79 Å². The maximum atomic E-state index is 11.5. The van der Waals surface area contributed by atoms with Gasteiger partial charge in [0.2, 0.25) is 0 Å². The summed E-state index contributed by atoms with van der Waals surface area (Å²) < 4.78 is 0. The Balaban J connectivity index is 2.51. The molecule has 1 aliphatic rings. The molecule has 1 aliphatic carbocycles. The lowest BCUT2D eigenvalue weighted by Crippen LogP contribution is -2.21. The van der Waals surface area contributed by atoms with E-state index in [4.69, 9.17) is 0 Å². The third-order valence-corrected chi connectivity index (χ3v) is 2.73. The Labute approximate surface area is 74.9 Å². The van der Waals surface area contributed by atoms with Crippen molar-refractivity contribution in [1.29, 1.82) is 0 Å². The van der Waals surface area contributed by atoms with Crippen molar-refractivity contribution in [2.45, 2.75) is 39.5 Å². The summed E-state index contributed by atoms with van der Waals surface area (Å²) in [5.41, 5.74) is 0.731. The van der Waals surface area contributed by atoms with Gasteiger partial charge in [-0.3, -0.25) is 4.79 Å². The average Bonchev–Trinajstić information content (AvgIpc) is 2.03. The van der Waals surface area contributed by atoms with Gasteiger partial charge in [0.1, 0.15) is 0 Å². The van der Waals surface area contributed by atoms with Crippen molar-refractivity contribution in [3.8, 4) is 0 Å². The van der Waals surface area contributed by atoms with Crippen LogP contribution in [-0.4, -0.2) is 5.78 Å². The van der Waals surface area contributed by atoms with Crippen molar-refractivity contribution in [3.05, 3.63) is 12.2 Å². The molecule has 0 heterocycles. The molecule has 0 aromatic heterocycles. The molecule has 0 amide bonds. The summed E-state index contributed by atoms with van der Waals surface area (Å²) in [6.07, 6.45) is 4.66. The molecular formula is C11H18O. The van der Waals surface area contributed by atoms with Crippen molar-refractivity contribution in [3.63, 3.8) is 0 Å². The minimum atomic E-state index is 0.284. The molecule has 0 radical (unpaired) electrons. The zero-order valence-corrected chi connectivity index (χ0v) is 8.10.